The molecule has 7 heteroatoms. The van der Waals surface area contributed by atoms with E-state index >= 15 is 0 Å². The molecule has 0 radical (unpaired) electrons. The molecule has 1 aromatic rings. The Kier molecular flexibility index (Phi) is 3.74. The molecule has 100 valence electrons. The van der Waals surface area contributed by atoms with E-state index in [-0.39, 0.29) is 9.77 Å². The second kappa shape index (κ2) is 4.99. The van der Waals surface area contributed by atoms with Crippen molar-refractivity contribution in [1.82, 2.24) is 4.31 Å². The third-order valence-electron chi connectivity index (χ3n) is 3.16. The van der Waals surface area contributed by atoms with Crippen molar-refractivity contribution >= 4 is 27.3 Å². The first-order chi connectivity index (χ1) is 8.41. The first-order valence-electron chi connectivity index (χ1n) is 5.73. The molecule has 0 saturated carbocycles. The number of rotatable bonds is 3. The van der Waals surface area contributed by atoms with Crippen LogP contribution in [-0.4, -0.2) is 36.9 Å². The standard InChI is InChI=1S/C11H15NO4S2/c1-8-2-4-12(5-3-8)18(15,16)10-6-9(7-17-10)11(13)14/h6-8H,2-5H2,1H3,(H,13,14). The lowest BCUT2D eigenvalue weighted by molar-refractivity contribution is 0.0697. The number of carboxylic acid groups (broad SMARTS) is 1. The molecular formula is C11H15NO4S2. The van der Waals surface area contributed by atoms with E-state index in [0.717, 1.165) is 24.2 Å². The Morgan fingerprint density at radius 2 is 2.06 bits per heavy atom. The molecule has 1 fully saturated rings. The first kappa shape index (κ1) is 13.5. The smallest absolute Gasteiger partial charge is 0.336 e. The van der Waals surface area contributed by atoms with Gasteiger partial charge < -0.3 is 5.11 Å². The zero-order valence-corrected chi connectivity index (χ0v) is 11.6. The fourth-order valence-electron chi connectivity index (χ4n) is 1.92. The predicted octanol–water partition coefficient (Wildman–Crippen LogP) is 1.87. The van der Waals surface area contributed by atoms with Gasteiger partial charge in [-0.15, -0.1) is 11.3 Å². The molecule has 0 aromatic carbocycles. The number of hydrogen-bond acceptors (Lipinski definition) is 4. The fourth-order valence-corrected chi connectivity index (χ4v) is 4.69. The summed E-state index contributed by atoms with van der Waals surface area (Å²) in [5.74, 6) is -0.547. The normalized spacial score (nSPS) is 18.9. The van der Waals surface area contributed by atoms with Crippen molar-refractivity contribution < 1.29 is 18.3 Å². The fraction of sp³-hybridized carbons (Fsp3) is 0.545. The summed E-state index contributed by atoms with van der Waals surface area (Å²) in [5.41, 5.74) is 0.0314. The Morgan fingerprint density at radius 3 is 2.56 bits per heavy atom. The molecular weight excluding hydrogens is 274 g/mol. The second-order valence-corrected chi connectivity index (χ2v) is 7.62. The van der Waals surface area contributed by atoms with Gasteiger partial charge >= 0.3 is 5.97 Å². The largest absolute Gasteiger partial charge is 0.478 e. The van der Waals surface area contributed by atoms with Crippen molar-refractivity contribution in [2.24, 2.45) is 5.92 Å². The van der Waals surface area contributed by atoms with Crippen molar-refractivity contribution in [3.63, 3.8) is 0 Å². The van der Waals surface area contributed by atoms with Crippen LogP contribution in [-0.2, 0) is 10.0 Å². The van der Waals surface area contributed by atoms with E-state index in [2.05, 4.69) is 6.92 Å². The van der Waals surface area contributed by atoms with Gasteiger partial charge in [-0.2, -0.15) is 4.31 Å². The van der Waals surface area contributed by atoms with E-state index in [9.17, 15) is 13.2 Å². The molecule has 1 N–H and O–H groups in total. The highest BCUT2D eigenvalue weighted by Crippen LogP contribution is 2.27. The van der Waals surface area contributed by atoms with E-state index in [4.69, 9.17) is 5.11 Å². The maximum Gasteiger partial charge on any atom is 0.336 e. The maximum absolute atomic E-state index is 12.3. The summed E-state index contributed by atoms with van der Waals surface area (Å²) in [7, 11) is -3.51. The SMILES string of the molecule is CC1CCN(S(=O)(=O)c2cc(C(=O)O)cs2)CC1. The van der Waals surface area contributed by atoms with Crippen LogP contribution in [0.2, 0.25) is 0 Å². The summed E-state index contributed by atoms with van der Waals surface area (Å²) in [6.07, 6.45) is 1.72. The number of sulfonamides is 1. The Hall–Kier alpha value is -0.920. The summed E-state index contributed by atoms with van der Waals surface area (Å²) in [6, 6.07) is 1.24. The van der Waals surface area contributed by atoms with Gasteiger partial charge in [0.1, 0.15) is 4.21 Å². The minimum Gasteiger partial charge on any atom is -0.478 e. The van der Waals surface area contributed by atoms with Crippen molar-refractivity contribution in [3.05, 3.63) is 17.0 Å². The van der Waals surface area contributed by atoms with Gasteiger partial charge in [0.2, 0.25) is 0 Å². The molecule has 1 aliphatic rings. The van der Waals surface area contributed by atoms with E-state index in [1.807, 2.05) is 0 Å². The van der Waals surface area contributed by atoms with E-state index in [0.29, 0.717) is 19.0 Å². The number of nitrogens with zero attached hydrogens (tertiary/aromatic N) is 1. The topological polar surface area (TPSA) is 74.7 Å². The van der Waals surface area contributed by atoms with Crippen molar-refractivity contribution in [2.45, 2.75) is 24.0 Å². The molecule has 2 rings (SSSR count). The summed E-state index contributed by atoms with van der Waals surface area (Å²) in [4.78, 5) is 10.8. The van der Waals surface area contributed by atoms with Gasteiger partial charge in [0.05, 0.1) is 5.56 Å². The molecule has 0 spiro atoms. The summed E-state index contributed by atoms with van der Waals surface area (Å²) in [6.45, 7) is 3.14. The maximum atomic E-state index is 12.3. The minimum atomic E-state index is -3.51. The van der Waals surface area contributed by atoms with Crippen LogP contribution in [0.3, 0.4) is 0 Å². The Bertz CT molecular complexity index is 541. The van der Waals surface area contributed by atoms with E-state index in [1.54, 1.807) is 0 Å². The Balaban J connectivity index is 2.22. The monoisotopic (exact) mass is 289 g/mol. The Labute approximate surface area is 110 Å². The highest BCUT2D eigenvalue weighted by atomic mass is 32.2. The minimum absolute atomic E-state index is 0.0314. The van der Waals surface area contributed by atoms with Crippen LogP contribution < -0.4 is 0 Å². The molecule has 5 nitrogen and oxygen atoms in total. The van der Waals surface area contributed by atoms with Crippen LogP contribution in [0.5, 0.6) is 0 Å². The lowest BCUT2D eigenvalue weighted by Gasteiger charge is -2.28. The zero-order chi connectivity index (χ0) is 13.3. The van der Waals surface area contributed by atoms with Gasteiger partial charge in [-0.05, 0) is 24.8 Å². The summed E-state index contributed by atoms with van der Waals surface area (Å²) < 4.78 is 26.1. The van der Waals surface area contributed by atoms with Gasteiger partial charge in [-0.1, -0.05) is 6.92 Å². The van der Waals surface area contributed by atoms with Crippen LogP contribution in [0.15, 0.2) is 15.7 Å². The Morgan fingerprint density at radius 1 is 1.44 bits per heavy atom. The van der Waals surface area contributed by atoms with Crippen LogP contribution in [0.25, 0.3) is 0 Å². The zero-order valence-electron chi connectivity index (χ0n) is 10.00. The molecule has 0 bridgehead atoms. The number of thiophene rings is 1. The number of carbonyl (C=O) groups is 1. The first-order valence-corrected chi connectivity index (χ1v) is 8.05. The molecule has 1 saturated heterocycles. The molecule has 0 unspecified atom stereocenters. The predicted molar refractivity (Wildman–Crippen MR) is 68.4 cm³/mol. The molecule has 18 heavy (non-hydrogen) atoms. The van der Waals surface area contributed by atoms with Crippen LogP contribution in [0.1, 0.15) is 30.1 Å². The van der Waals surface area contributed by atoms with Gasteiger partial charge in [-0.3, -0.25) is 0 Å². The lowest BCUT2D eigenvalue weighted by Crippen LogP contribution is -2.37. The lowest BCUT2D eigenvalue weighted by atomic mass is 10.0. The number of piperidine rings is 1. The third kappa shape index (κ3) is 2.57. The van der Waals surface area contributed by atoms with Gasteiger partial charge in [-0.25, -0.2) is 13.2 Å². The average molecular weight is 289 g/mol. The molecule has 1 aliphatic heterocycles. The summed E-state index contributed by atoms with van der Waals surface area (Å²) in [5, 5.41) is 10.2. The van der Waals surface area contributed by atoms with Gasteiger partial charge in [0.25, 0.3) is 10.0 Å². The van der Waals surface area contributed by atoms with Gasteiger partial charge in [0.15, 0.2) is 0 Å². The molecule has 1 aromatic heterocycles. The van der Waals surface area contributed by atoms with Crippen LogP contribution >= 0.6 is 11.3 Å². The molecule has 0 atom stereocenters. The van der Waals surface area contributed by atoms with Crippen molar-refractivity contribution in [3.8, 4) is 0 Å². The van der Waals surface area contributed by atoms with E-state index < -0.39 is 16.0 Å². The second-order valence-electron chi connectivity index (χ2n) is 4.55. The van der Waals surface area contributed by atoms with Crippen LogP contribution in [0.4, 0.5) is 0 Å². The highest BCUT2D eigenvalue weighted by molar-refractivity contribution is 7.91. The van der Waals surface area contributed by atoms with Crippen LogP contribution in [0, 0.1) is 5.92 Å². The number of aromatic carboxylic acids is 1. The van der Waals surface area contributed by atoms with Gasteiger partial charge in [0, 0.05) is 18.5 Å². The number of carboxylic acids is 1. The quantitative estimate of drug-likeness (QED) is 0.921. The van der Waals surface area contributed by atoms with Crippen molar-refractivity contribution in [2.75, 3.05) is 13.1 Å². The summed E-state index contributed by atoms with van der Waals surface area (Å²) >= 11 is 0.969. The molecule has 2 heterocycles. The third-order valence-corrected chi connectivity index (χ3v) is 6.47. The van der Waals surface area contributed by atoms with Crippen molar-refractivity contribution in [1.29, 1.82) is 0 Å². The average Bonchev–Trinajstić information content (AvgIpc) is 2.79. The number of hydrogen-bond donors (Lipinski definition) is 1. The highest BCUT2D eigenvalue weighted by Gasteiger charge is 2.29. The van der Waals surface area contributed by atoms with E-state index in [1.165, 1.54) is 15.8 Å². The molecule has 0 amide bonds. The molecule has 0 aliphatic carbocycles.